The van der Waals surface area contributed by atoms with Crippen LogP contribution < -0.4 is 5.32 Å². The Balaban J connectivity index is 1.64. The minimum Gasteiger partial charge on any atom is -0.318 e. The number of aryl methyl sites for hydroxylation is 1. The second-order valence-corrected chi connectivity index (χ2v) is 8.12. The van der Waals surface area contributed by atoms with Gasteiger partial charge in [-0.15, -0.1) is 11.8 Å². The molecule has 3 rings (SSSR count). The summed E-state index contributed by atoms with van der Waals surface area (Å²) in [7, 11) is 1.78. The van der Waals surface area contributed by atoms with E-state index in [0.29, 0.717) is 17.3 Å². The molecule has 0 fully saturated rings. The van der Waals surface area contributed by atoms with Crippen LogP contribution in [-0.2, 0) is 18.3 Å². The summed E-state index contributed by atoms with van der Waals surface area (Å²) in [5.41, 5.74) is 1.99. The SMILES string of the molecule is Cn1nc(C(C)(C)C)cc1C(=O)Nc1cnn(CSc2ccccc2)c1. The van der Waals surface area contributed by atoms with Crippen LogP contribution in [-0.4, -0.2) is 25.5 Å². The van der Waals surface area contributed by atoms with Gasteiger partial charge in [-0.25, -0.2) is 0 Å². The topological polar surface area (TPSA) is 64.7 Å². The second kappa shape index (κ2) is 7.37. The quantitative estimate of drug-likeness (QED) is 0.693. The first-order valence-electron chi connectivity index (χ1n) is 8.39. The zero-order chi connectivity index (χ0) is 18.7. The van der Waals surface area contributed by atoms with E-state index in [4.69, 9.17) is 0 Å². The maximum atomic E-state index is 12.5. The van der Waals surface area contributed by atoms with Crippen molar-refractivity contribution in [1.82, 2.24) is 19.6 Å². The molecular weight excluding hydrogens is 346 g/mol. The van der Waals surface area contributed by atoms with E-state index >= 15 is 0 Å². The van der Waals surface area contributed by atoms with Gasteiger partial charge in [0.05, 0.1) is 23.5 Å². The smallest absolute Gasteiger partial charge is 0.274 e. The number of amides is 1. The molecule has 26 heavy (non-hydrogen) atoms. The van der Waals surface area contributed by atoms with Crippen LogP contribution in [0.25, 0.3) is 0 Å². The van der Waals surface area contributed by atoms with Gasteiger partial charge in [-0.1, -0.05) is 39.0 Å². The molecule has 1 aromatic carbocycles. The van der Waals surface area contributed by atoms with Gasteiger partial charge in [0.2, 0.25) is 0 Å². The van der Waals surface area contributed by atoms with Crippen molar-refractivity contribution in [3.05, 3.63) is 60.2 Å². The third-order valence-corrected chi connectivity index (χ3v) is 4.88. The van der Waals surface area contributed by atoms with Crippen LogP contribution in [0.4, 0.5) is 5.69 Å². The lowest BCUT2D eigenvalue weighted by Crippen LogP contribution is -2.15. The van der Waals surface area contributed by atoms with Crippen molar-refractivity contribution in [2.45, 2.75) is 37.0 Å². The van der Waals surface area contributed by atoms with Crippen LogP contribution in [0, 0.1) is 0 Å². The van der Waals surface area contributed by atoms with E-state index < -0.39 is 0 Å². The Hall–Kier alpha value is -2.54. The van der Waals surface area contributed by atoms with Gasteiger partial charge in [-0.2, -0.15) is 10.2 Å². The van der Waals surface area contributed by atoms with E-state index in [2.05, 4.69) is 48.4 Å². The molecule has 3 aromatic rings. The molecule has 0 saturated heterocycles. The summed E-state index contributed by atoms with van der Waals surface area (Å²) in [4.78, 5) is 13.7. The van der Waals surface area contributed by atoms with Crippen LogP contribution in [0.1, 0.15) is 37.0 Å². The third kappa shape index (κ3) is 4.35. The maximum Gasteiger partial charge on any atom is 0.274 e. The van der Waals surface area contributed by atoms with E-state index in [9.17, 15) is 4.79 Å². The Labute approximate surface area is 157 Å². The number of hydrogen-bond donors (Lipinski definition) is 1. The average molecular weight is 369 g/mol. The molecule has 0 spiro atoms. The normalized spacial score (nSPS) is 11.5. The summed E-state index contributed by atoms with van der Waals surface area (Å²) >= 11 is 1.68. The van der Waals surface area contributed by atoms with Crippen molar-refractivity contribution >= 4 is 23.4 Å². The molecular formula is C19H23N5OS. The lowest BCUT2D eigenvalue weighted by Gasteiger charge is -2.13. The van der Waals surface area contributed by atoms with E-state index in [1.54, 1.807) is 34.4 Å². The Bertz CT molecular complexity index is 892. The van der Waals surface area contributed by atoms with Gasteiger partial charge in [0.25, 0.3) is 5.91 Å². The van der Waals surface area contributed by atoms with E-state index in [1.807, 2.05) is 30.5 Å². The zero-order valence-electron chi connectivity index (χ0n) is 15.4. The highest BCUT2D eigenvalue weighted by Crippen LogP contribution is 2.22. The van der Waals surface area contributed by atoms with Crippen molar-refractivity contribution in [2.75, 3.05) is 5.32 Å². The van der Waals surface area contributed by atoms with Gasteiger partial charge >= 0.3 is 0 Å². The number of benzene rings is 1. The molecule has 0 saturated carbocycles. The fourth-order valence-electron chi connectivity index (χ4n) is 2.40. The lowest BCUT2D eigenvalue weighted by atomic mass is 9.92. The van der Waals surface area contributed by atoms with Crippen LogP contribution in [0.5, 0.6) is 0 Å². The van der Waals surface area contributed by atoms with E-state index in [0.717, 1.165) is 5.69 Å². The predicted octanol–water partition coefficient (Wildman–Crippen LogP) is 3.92. The van der Waals surface area contributed by atoms with Crippen molar-refractivity contribution in [1.29, 1.82) is 0 Å². The predicted molar refractivity (Wildman–Crippen MR) is 104 cm³/mol. The van der Waals surface area contributed by atoms with E-state index in [-0.39, 0.29) is 11.3 Å². The highest BCUT2D eigenvalue weighted by Gasteiger charge is 2.21. The van der Waals surface area contributed by atoms with Crippen molar-refractivity contribution < 1.29 is 4.79 Å². The molecule has 0 unspecified atom stereocenters. The Morgan fingerprint density at radius 2 is 1.96 bits per heavy atom. The van der Waals surface area contributed by atoms with Gasteiger partial charge in [0.1, 0.15) is 5.69 Å². The first kappa shape index (κ1) is 18.3. The maximum absolute atomic E-state index is 12.5. The Morgan fingerprint density at radius 1 is 1.23 bits per heavy atom. The molecule has 7 heteroatoms. The molecule has 1 N–H and O–H groups in total. The molecule has 2 heterocycles. The van der Waals surface area contributed by atoms with Crippen LogP contribution in [0.15, 0.2) is 53.7 Å². The zero-order valence-corrected chi connectivity index (χ0v) is 16.2. The van der Waals surface area contributed by atoms with Crippen molar-refractivity contribution in [3.8, 4) is 0 Å². The minimum absolute atomic E-state index is 0.101. The second-order valence-electron chi connectivity index (χ2n) is 7.10. The molecule has 0 aliphatic rings. The average Bonchev–Trinajstić information content (AvgIpc) is 3.20. The number of hydrogen-bond acceptors (Lipinski definition) is 4. The van der Waals surface area contributed by atoms with Gasteiger partial charge in [0, 0.05) is 23.6 Å². The number of thioether (sulfide) groups is 1. The first-order chi connectivity index (χ1) is 12.3. The van der Waals surface area contributed by atoms with Crippen LogP contribution >= 0.6 is 11.8 Å². The summed E-state index contributed by atoms with van der Waals surface area (Å²) in [6.07, 6.45) is 3.49. The van der Waals surface area contributed by atoms with Gasteiger partial charge in [-0.3, -0.25) is 14.2 Å². The molecule has 1 amide bonds. The molecule has 0 bridgehead atoms. The number of aromatic nitrogens is 4. The molecule has 2 aromatic heterocycles. The van der Waals surface area contributed by atoms with E-state index in [1.165, 1.54) is 4.90 Å². The molecule has 136 valence electrons. The lowest BCUT2D eigenvalue weighted by molar-refractivity contribution is 0.101. The van der Waals surface area contributed by atoms with Crippen LogP contribution in [0.2, 0.25) is 0 Å². The molecule has 6 nitrogen and oxygen atoms in total. The summed E-state index contributed by atoms with van der Waals surface area (Å²) in [6.45, 7) is 6.22. The first-order valence-corrected chi connectivity index (χ1v) is 9.37. The monoisotopic (exact) mass is 369 g/mol. The largest absolute Gasteiger partial charge is 0.318 e. The van der Waals surface area contributed by atoms with Crippen molar-refractivity contribution in [3.63, 3.8) is 0 Å². The molecule has 0 radical (unpaired) electrons. The van der Waals surface area contributed by atoms with Gasteiger partial charge < -0.3 is 5.32 Å². The highest BCUT2D eigenvalue weighted by atomic mass is 32.2. The summed E-state index contributed by atoms with van der Waals surface area (Å²) in [5, 5.41) is 11.6. The molecule has 0 aliphatic carbocycles. The third-order valence-electron chi connectivity index (χ3n) is 3.88. The number of carbonyl (C=O) groups excluding carboxylic acids is 1. The number of anilines is 1. The minimum atomic E-state index is -0.189. The fourth-order valence-corrected chi connectivity index (χ4v) is 3.17. The highest BCUT2D eigenvalue weighted by molar-refractivity contribution is 7.98. The Kier molecular flexibility index (Phi) is 5.18. The number of carbonyl (C=O) groups is 1. The fraction of sp³-hybridized carbons (Fsp3) is 0.316. The van der Waals surface area contributed by atoms with Gasteiger partial charge in [-0.05, 0) is 18.2 Å². The molecule has 0 aliphatic heterocycles. The van der Waals surface area contributed by atoms with Gasteiger partial charge in [0.15, 0.2) is 0 Å². The standard InChI is InChI=1S/C19H23N5OS/c1-19(2,3)17-10-16(23(4)22-17)18(25)21-14-11-20-24(12-14)13-26-15-8-6-5-7-9-15/h5-12H,13H2,1-4H3,(H,21,25). The number of nitrogens with one attached hydrogen (secondary N) is 1. The summed E-state index contributed by atoms with van der Waals surface area (Å²) < 4.78 is 3.42. The molecule has 0 atom stereocenters. The number of rotatable bonds is 5. The summed E-state index contributed by atoms with van der Waals surface area (Å²) in [5.74, 6) is 0.491. The van der Waals surface area contributed by atoms with Crippen LogP contribution in [0.3, 0.4) is 0 Å². The Morgan fingerprint density at radius 3 is 2.62 bits per heavy atom. The summed E-state index contributed by atoms with van der Waals surface area (Å²) in [6, 6.07) is 12.0. The van der Waals surface area contributed by atoms with Crippen molar-refractivity contribution in [2.24, 2.45) is 7.05 Å². The number of nitrogens with zero attached hydrogens (tertiary/aromatic N) is 4.